The maximum absolute atomic E-state index is 12.3. The average Bonchev–Trinajstić information content (AvgIpc) is 2.61. The van der Waals surface area contributed by atoms with Crippen LogP contribution in [0.5, 0.6) is 0 Å². The van der Waals surface area contributed by atoms with Crippen molar-refractivity contribution in [1.29, 1.82) is 0 Å². The summed E-state index contributed by atoms with van der Waals surface area (Å²) >= 11 is 0. The van der Waals surface area contributed by atoms with Crippen LogP contribution >= 0.6 is 0 Å². The van der Waals surface area contributed by atoms with Crippen molar-refractivity contribution in [2.75, 3.05) is 0 Å². The molecule has 1 aliphatic rings. The van der Waals surface area contributed by atoms with E-state index in [1.54, 1.807) is 0 Å². The largest absolute Gasteiger partial charge is 0.239 e. The summed E-state index contributed by atoms with van der Waals surface area (Å²) in [4.78, 5) is 0. The van der Waals surface area contributed by atoms with Crippen molar-refractivity contribution in [3.63, 3.8) is 0 Å². The van der Waals surface area contributed by atoms with E-state index in [0.717, 1.165) is 11.5 Å². The van der Waals surface area contributed by atoms with Crippen molar-refractivity contribution < 1.29 is 8.78 Å². The smallest absolute Gasteiger partial charge is 0.211 e. The number of hydrogen-bond donors (Lipinski definition) is 0. The molecule has 1 aliphatic carbocycles. The van der Waals surface area contributed by atoms with Gasteiger partial charge in [0.25, 0.3) is 0 Å². The highest BCUT2D eigenvalue weighted by molar-refractivity contribution is 5.26. The number of rotatable bonds is 10. The van der Waals surface area contributed by atoms with E-state index in [4.69, 9.17) is 0 Å². The molecule has 0 heterocycles. The van der Waals surface area contributed by atoms with E-state index in [-0.39, 0.29) is 6.42 Å². The van der Waals surface area contributed by atoms with Gasteiger partial charge in [-0.25, -0.2) is 8.78 Å². The highest BCUT2D eigenvalue weighted by Gasteiger charge is 2.22. The van der Waals surface area contributed by atoms with E-state index in [1.807, 2.05) is 0 Å². The van der Waals surface area contributed by atoms with Crippen molar-refractivity contribution in [1.82, 2.24) is 0 Å². The second kappa shape index (κ2) is 10.8. The van der Waals surface area contributed by atoms with Gasteiger partial charge < -0.3 is 0 Å². The second-order valence-corrected chi connectivity index (χ2v) is 7.59. The maximum atomic E-state index is 12.3. The Balaban J connectivity index is 1.68. The number of unbranched alkanes of at least 4 members (excludes halogenated alkanes) is 4. The Hall–Kier alpha value is -0.920. The molecular weight excluding hydrogens is 302 g/mol. The SMILES string of the molecule is CCCCCCCC1CCC(c2ccc(CCC(F)F)cc2)CC1. The van der Waals surface area contributed by atoms with Gasteiger partial charge in [0.2, 0.25) is 6.43 Å². The molecule has 0 unspecified atom stereocenters. The van der Waals surface area contributed by atoms with E-state index < -0.39 is 6.43 Å². The zero-order valence-corrected chi connectivity index (χ0v) is 15.3. The summed E-state index contributed by atoms with van der Waals surface area (Å²) in [6.45, 7) is 2.27. The lowest BCUT2D eigenvalue weighted by molar-refractivity contribution is 0.138. The standard InChI is InChI=1S/C22H34F2/c1-2-3-4-5-6-7-18-8-13-20(14-9-18)21-15-10-19(11-16-21)12-17-22(23)24/h10-11,15-16,18,20,22H,2-9,12-14,17H2,1H3. The molecule has 136 valence electrons. The molecule has 0 bridgehead atoms. The van der Waals surface area contributed by atoms with Crippen molar-refractivity contribution in [3.05, 3.63) is 35.4 Å². The number of benzene rings is 1. The molecule has 0 spiro atoms. The Kier molecular flexibility index (Phi) is 8.77. The van der Waals surface area contributed by atoms with Crippen LogP contribution in [0.25, 0.3) is 0 Å². The molecule has 24 heavy (non-hydrogen) atoms. The molecule has 0 aromatic heterocycles. The van der Waals surface area contributed by atoms with Gasteiger partial charge in [0.1, 0.15) is 0 Å². The summed E-state index contributed by atoms with van der Waals surface area (Å²) in [5.41, 5.74) is 2.46. The van der Waals surface area contributed by atoms with Crippen molar-refractivity contribution in [3.8, 4) is 0 Å². The predicted octanol–water partition coefficient (Wildman–Crippen LogP) is 7.52. The predicted molar refractivity (Wildman–Crippen MR) is 98.8 cm³/mol. The van der Waals surface area contributed by atoms with Gasteiger partial charge in [-0.3, -0.25) is 0 Å². The fourth-order valence-corrected chi connectivity index (χ4v) is 4.05. The molecule has 0 saturated heterocycles. The summed E-state index contributed by atoms with van der Waals surface area (Å²) in [7, 11) is 0. The van der Waals surface area contributed by atoms with Gasteiger partial charge in [-0.1, -0.05) is 69.7 Å². The van der Waals surface area contributed by atoms with Crippen LogP contribution in [0.2, 0.25) is 0 Å². The van der Waals surface area contributed by atoms with Crippen LogP contribution in [0.1, 0.15) is 94.6 Å². The van der Waals surface area contributed by atoms with E-state index in [2.05, 4.69) is 31.2 Å². The third kappa shape index (κ3) is 6.91. The van der Waals surface area contributed by atoms with Crippen LogP contribution in [0.15, 0.2) is 24.3 Å². The summed E-state index contributed by atoms with van der Waals surface area (Å²) in [5, 5.41) is 0. The molecule has 1 fully saturated rings. The van der Waals surface area contributed by atoms with Crippen molar-refractivity contribution in [2.24, 2.45) is 5.92 Å². The molecular formula is C22H34F2. The Bertz CT molecular complexity index is 430. The fourth-order valence-electron chi connectivity index (χ4n) is 4.05. The van der Waals surface area contributed by atoms with Gasteiger partial charge in [-0.15, -0.1) is 0 Å². The molecule has 0 radical (unpaired) electrons. The lowest BCUT2D eigenvalue weighted by Crippen LogP contribution is -2.13. The first-order chi connectivity index (χ1) is 11.7. The Morgan fingerprint density at radius 2 is 1.58 bits per heavy atom. The van der Waals surface area contributed by atoms with Crippen molar-refractivity contribution in [2.45, 2.75) is 96.3 Å². The number of hydrogen-bond acceptors (Lipinski definition) is 0. The average molecular weight is 337 g/mol. The second-order valence-electron chi connectivity index (χ2n) is 7.59. The van der Waals surface area contributed by atoms with Crippen molar-refractivity contribution >= 4 is 0 Å². The molecule has 1 aromatic rings. The van der Waals surface area contributed by atoms with E-state index in [9.17, 15) is 8.78 Å². The Morgan fingerprint density at radius 1 is 0.917 bits per heavy atom. The molecule has 0 amide bonds. The van der Waals surface area contributed by atoms with E-state index in [0.29, 0.717) is 12.3 Å². The van der Waals surface area contributed by atoms with E-state index in [1.165, 1.54) is 69.8 Å². The van der Waals surface area contributed by atoms with Crippen LogP contribution in [0.4, 0.5) is 8.78 Å². The third-order valence-corrected chi connectivity index (χ3v) is 5.67. The molecule has 0 atom stereocenters. The number of aryl methyl sites for hydroxylation is 1. The monoisotopic (exact) mass is 336 g/mol. The van der Waals surface area contributed by atoms with Gasteiger partial charge in [-0.2, -0.15) is 0 Å². The Labute approximate surface area is 147 Å². The zero-order valence-electron chi connectivity index (χ0n) is 15.3. The van der Waals surface area contributed by atoms with Gasteiger partial charge >= 0.3 is 0 Å². The van der Waals surface area contributed by atoms with Crippen LogP contribution in [0, 0.1) is 5.92 Å². The Morgan fingerprint density at radius 3 is 2.21 bits per heavy atom. The maximum Gasteiger partial charge on any atom is 0.239 e. The molecule has 0 aliphatic heterocycles. The first-order valence-electron chi connectivity index (χ1n) is 10.1. The van der Waals surface area contributed by atoms with Gasteiger partial charge in [0.15, 0.2) is 0 Å². The van der Waals surface area contributed by atoms with Crippen LogP contribution in [0.3, 0.4) is 0 Å². The summed E-state index contributed by atoms with van der Waals surface area (Å²) in [5.74, 6) is 1.62. The molecule has 1 aromatic carbocycles. The summed E-state index contributed by atoms with van der Waals surface area (Å²) in [6, 6.07) is 8.46. The minimum atomic E-state index is -2.19. The fraction of sp³-hybridized carbons (Fsp3) is 0.727. The van der Waals surface area contributed by atoms with Crippen LogP contribution in [-0.4, -0.2) is 6.43 Å². The van der Waals surface area contributed by atoms with Gasteiger partial charge in [-0.05, 0) is 55.1 Å². The minimum Gasteiger partial charge on any atom is -0.211 e. The topological polar surface area (TPSA) is 0 Å². The quantitative estimate of drug-likeness (QED) is 0.388. The first kappa shape index (κ1) is 19.4. The highest BCUT2D eigenvalue weighted by atomic mass is 19.3. The molecule has 0 N–H and O–H groups in total. The van der Waals surface area contributed by atoms with E-state index >= 15 is 0 Å². The van der Waals surface area contributed by atoms with Crippen LogP contribution in [-0.2, 0) is 6.42 Å². The normalized spacial score (nSPS) is 21.3. The molecule has 2 rings (SSSR count). The zero-order chi connectivity index (χ0) is 17.2. The lowest BCUT2D eigenvalue weighted by Gasteiger charge is -2.29. The lowest BCUT2D eigenvalue weighted by atomic mass is 9.77. The molecule has 1 saturated carbocycles. The number of halogens is 2. The van der Waals surface area contributed by atoms with Crippen LogP contribution < -0.4 is 0 Å². The first-order valence-corrected chi connectivity index (χ1v) is 10.1. The highest BCUT2D eigenvalue weighted by Crippen LogP contribution is 2.37. The third-order valence-electron chi connectivity index (χ3n) is 5.67. The van der Waals surface area contributed by atoms with Gasteiger partial charge in [0.05, 0.1) is 0 Å². The summed E-state index contributed by atoms with van der Waals surface area (Å²) in [6.07, 6.45) is 12.0. The molecule has 2 heteroatoms. The minimum absolute atomic E-state index is 0.0251. The summed E-state index contributed by atoms with van der Waals surface area (Å²) < 4.78 is 24.6. The number of alkyl halides is 2. The molecule has 0 nitrogen and oxygen atoms in total. The van der Waals surface area contributed by atoms with Gasteiger partial charge in [0, 0.05) is 6.42 Å².